The molecule has 0 aliphatic carbocycles. The first-order valence-electron chi connectivity index (χ1n) is 6.24. The van der Waals surface area contributed by atoms with Crippen LogP contribution in [0.1, 0.15) is 23.2 Å². The van der Waals surface area contributed by atoms with Crippen LogP contribution in [0.25, 0.3) is 0 Å². The topological polar surface area (TPSA) is 71.5 Å². The fraction of sp³-hybridized carbons (Fsp3) is 0.462. The van der Waals surface area contributed by atoms with E-state index in [1.807, 2.05) is 0 Å². The van der Waals surface area contributed by atoms with E-state index in [0.29, 0.717) is 18.7 Å². The predicted molar refractivity (Wildman–Crippen MR) is 68.7 cm³/mol. The van der Waals surface area contributed by atoms with E-state index in [-0.39, 0.29) is 11.9 Å². The number of carbonyl (C=O) groups is 2. The van der Waals surface area contributed by atoms with E-state index in [1.165, 1.54) is 7.11 Å². The molecule has 1 aromatic heterocycles. The summed E-state index contributed by atoms with van der Waals surface area (Å²) in [5.41, 5.74) is 0.599. The Kier molecular flexibility index (Phi) is 4.33. The van der Waals surface area contributed by atoms with Gasteiger partial charge in [0.2, 0.25) is 0 Å². The molecule has 6 nitrogen and oxygen atoms in total. The third-order valence-electron chi connectivity index (χ3n) is 3.20. The molecule has 1 fully saturated rings. The molecule has 0 saturated carbocycles. The maximum Gasteiger partial charge on any atom is 0.407 e. The van der Waals surface area contributed by atoms with Gasteiger partial charge in [0.1, 0.15) is 0 Å². The Morgan fingerprint density at radius 1 is 1.42 bits per heavy atom. The van der Waals surface area contributed by atoms with Crippen LogP contribution in [0, 0.1) is 0 Å². The molecular formula is C13H17N3O3. The van der Waals surface area contributed by atoms with Gasteiger partial charge in [0.25, 0.3) is 5.91 Å². The number of hydrogen-bond acceptors (Lipinski definition) is 4. The molecule has 0 radical (unpaired) electrons. The van der Waals surface area contributed by atoms with Gasteiger partial charge in [-0.1, -0.05) is 0 Å². The van der Waals surface area contributed by atoms with Gasteiger partial charge in [-0.25, -0.2) is 4.79 Å². The Balaban J connectivity index is 1.86. The summed E-state index contributed by atoms with van der Waals surface area (Å²) in [4.78, 5) is 29.0. The smallest absolute Gasteiger partial charge is 0.407 e. The van der Waals surface area contributed by atoms with E-state index in [1.54, 1.807) is 29.4 Å². The summed E-state index contributed by atoms with van der Waals surface area (Å²) in [5, 5.41) is 2.76. The van der Waals surface area contributed by atoms with E-state index in [2.05, 4.69) is 15.0 Å². The highest BCUT2D eigenvalue weighted by Crippen LogP contribution is 2.13. The van der Waals surface area contributed by atoms with Crippen molar-refractivity contribution in [2.24, 2.45) is 0 Å². The average molecular weight is 263 g/mol. The van der Waals surface area contributed by atoms with Crippen LogP contribution in [0.15, 0.2) is 24.5 Å². The monoisotopic (exact) mass is 263 g/mol. The lowest BCUT2D eigenvalue weighted by atomic mass is 10.0. The number of pyridine rings is 1. The molecule has 2 amide bonds. The first-order valence-corrected chi connectivity index (χ1v) is 6.24. The highest BCUT2D eigenvalue weighted by molar-refractivity contribution is 5.93. The average Bonchev–Trinajstić information content (AvgIpc) is 2.48. The van der Waals surface area contributed by atoms with Gasteiger partial charge >= 0.3 is 6.09 Å². The Bertz CT molecular complexity index is 442. The summed E-state index contributed by atoms with van der Waals surface area (Å²) in [7, 11) is 1.34. The van der Waals surface area contributed by atoms with Gasteiger partial charge in [-0.15, -0.1) is 0 Å². The number of alkyl carbamates (subject to hydrolysis) is 1. The van der Waals surface area contributed by atoms with E-state index in [9.17, 15) is 9.59 Å². The second kappa shape index (κ2) is 6.17. The first-order chi connectivity index (χ1) is 9.20. The van der Waals surface area contributed by atoms with Crippen LogP contribution in [-0.2, 0) is 4.74 Å². The van der Waals surface area contributed by atoms with Gasteiger partial charge in [-0.3, -0.25) is 9.78 Å². The molecular weight excluding hydrogens is 246 g/mol. The number of methoxy groups -OCH3 is 1. The molecule has 1 aromatic rings. The summed E-state index contributed by atoms with van der Waals surface area (Å²) in [6, 6.07) is 3.58. The number of amides is 2. The normalized spacial score (nSPS) is 15.9. The summed E-state index contributed by atoms with van der Waals surface area (Å²) in [6.07, 6.45) is 4.27. The van der Waals surface area contributed by atoms with Crippen molar-refractivity contribution in [1.82, 2.24) is 15.2 Å². The molecule has 0 spiro atoms. The number of nitrogens with one attached hydrogen (secondary N) is 1. The lowest BCUT2D eigenvalue weighted by Crippen LogP contribution is -2.46. The third-order valence-corrected chi connectivity index (χ3v) is 3.20. The number of ether oxygens (including phenoxy) is 1. The van der Waals surface area contributed by atoms with Gasteiger partial charge in [-0.05, 0) is 25.0 Å². The molecule has 6 heteroatoms. The van der Waals surface area contributed by atoms with Crippen molar-refractivity contribution >= 4 is 12.0 Å². The fourth-order valence-corrected chi connectivity index (χ4v) is 2.12. The van der Waals surface area contributed by atoms with Crippen molar-refractivity contribution < 1.29 is 14.3 Å². The minimum Gasteiger partial charge on any atom is -0.453 e. The van der Waals surface area contributed by atoms with Gasteiger partial charge in [0.15, 0.2) is 0 Å². The lowest BCUT2D eigenvalue weighted by molar-refractivity contribution is 0.0704. The zero-order valence-corrected chi connectivity index (χ0v) is 10.8. The number of piperidine rings is 1. The molecule has 19 heavy (non-hydrogen) atoms. The van der Waals surface area contributed by atoms with E-state index >= 15 is 0 Å². The number of rotatable bonds is 2. The number of carbonyl (C=O) groups excluding carboxylic acids is 2. The van der Waals surface area contributed by atoms with Gasteiger partial charge in [0.05, 0.1) is 12.7 Å². The van der Waals surface area contributed by atoms with Crippen LogP contribution in [0.5, 0.6) is 0 Å². The Morgan fingerprint density at radius 2 is 2.16 bits per heavy atom. The van der Waals surface area contributed by atoms with Gasteiger partial charge < -0.3 is 15.0 Å². The second-order valence-electron chi connectivity index (χ2n) is 4.44. The molecule has 1 N–H and O–H groups in total. The molecule has 2 rings (SSSR count). The highest BCUT2D eigenvalue weighted by Gasteiger charge is 2.24. The van der Waals surface area contributed by atoms with Crippen molar-refractivity contribution in [2.75, 3.05) is 20.2 Å². The molecule has 1 saturated heterocycles. The van der Waals surface area contributed by atoms with E-state index < -0.39 is 6.09 Å². The molecule has 0 aromatic carbocycles. The maximum absolute atomic E-state index is 12.2. The van der Waals surface area contributed by atoms with Crippen molar-refractivity contribution in [3.05, 3.63) is 30.1 Å². The number of likely N-dealkylation sites (tertiary alicyclic amines) is 1. The predicted octanol–water partition coefficient (Wildman–Crippen LogP) is 1.04. The van der Waals surface area contributed by atoms with Crippen LogP contribution in [0.4, 0.5) is 4.79 Å². The SMILES string of the molecule is COC(=O)NC1CCN(C(=O)c2cccnc2)CC1. The largest absolute Gasteiger partial charge is 0.453 e. The van der Waals surface area contributed by atoms with Crippen LogP contribution < -0.4 is 5.32 Å². The summed E-state index contributed by atoms with van der Waals surface area (Å²) >= 11 is 0. The lowest BCUT2D eigenvalue weighted by Gasteiger charge is -2.32. The Morgan fingerprint density at radius 3 is 2.74 bits per heavy atom. The zero-order valence-electron chi connectivity index (χ0n) is 10.8. The number of nitrogens with zero attached hydrogens (tertiary/aromatic N) is 2. The molecule has 1 aliphatic rings. The zero-order chi connectivity index (χ0) is 13.7. The van der Waals surface area contributed by atoms with Crippen LogP contribution in [0.2, 0.25) is 0 Å². The summed E-state index contributed by atoms with van der Waals surface area (Å²) in [6.45, 7) is 1.25. The first kappa shape index (κ1) is 13.3. The number of hydrogen-bond donors (Lipinski definition) is 1. The standard InChI is InChI=1S/C13H17N3O3/c1-19-13(18)15-11-4-7-16(8-5-11)12(17)10-3-2-6-14-9-10/h2-3,6,9,11H,4-5,7-8H2,1H3,(H,15,18). The Hall–Kier alpha value is -2.11. The minimum absolute atomic E-state index is 0.00961. The number of aromatic nitrogens is 1. The molecule has 1 aliphatic heterocycles. The van der Waals surface area contributed by atoms with Crippen LogP contribution >= 0.6 is 0 Å². The summed E-state index contributed by atoms with van der Waals surface area (Å²) < 4.78 is 4.56. The minimum atomic E-state index is -0.419. The highest BCUT2D eigenvalue weighted by atomic mass is 16.5. The van der Waals surface area contributed by atoms with Crippen molar-refractivity contribution in [2.45, 2.75) is 18.9 Å². The maximum atomic E-state index is 12.2. The summed E-state index contributed by atoms with van der Waals surface area (Å²) in [5.74, 6) is -0.00961. The van der Waals surface area contributed by atoms with E-state index in [4.69, 9.17) is 0 Å². The third kappa shape index (κ3) is 3.43. The van der Waals surface area contributed by atoms with Crippen molar-refractivity contribution in [3.8, 4) is 0 Å². The van der Waals surface area contributed by atoms with Crippen molar-refractivity contribution in [3.63, 3.8) is 0 Å². The molecule has 2 heterocycles. The molecule has 0 unspecified atom stereocenters. The molecule has 0 bridgehead atoms. The second-order valence-corrected chi connectivity index (χ2v) is 4.44. The van der Waals surface area contributed by atoms with Crippen LogP contribution in [-0.4, -0.2) is 48.1 Å². The Labute approximate surface area is 111 Å². The quantitative estimate of drug-likeness (QED) is 0.865. The fourth-order valence-electron chi connectivity index (χ4n) is 2.12. The van der Waals surface area contributed by atoms with E-state index in [0.717, 1.165) is 12.8 Å². The van der Waals surface area contributed by atoms with Crippen LogP contribution in [0.3, 0.4) is 0 Å². The molecule has 102 valence electrons. The van der Waals surface area contributed by atoms with Gasteiger partial charge in [0, 0.05) is 31.5 Å². The van der Waals surface area contributed by atoms with Gasteiger partial charge in [-0.2, -0.15) is 0 Å². The van der Waals surface area contributed by atoms with Crippen molar-refractivity contribution in [1.29, 1.82) is 0 Å². The molecule has 0 atom stereocenters.